The Bertz CT molecular complexity index is 2790. The fraction of sp³-hybridized carbons (Fsp3) is 0.333. The number of aliphatic hydroxyl groups excluding tert-OH is 1. The van der Waals surface area contributed by atoms with Crippen LogP contribution >= 0.6 is 0 Å². The first-order chi connectivity index (χ1) is 32.9. The predicted octanol–water partition coefficient (Wildman–Crippen LogP) is 9.15. The van der Waals surface area contributed by atoms with Crippen LogP contribution in [0.15, 0.2) is 72.8 Å². The Balaban J connectivity index is 0.000000383. The molecule has 0 bridgehead atoms. The molecule has 0 heterocycles. The molecule has 0 saturated carbocycles. The first-order valence-electron chi connectivity index (χ1n) is 21.2. The molecule has 4 aromatic carbocycles. The van der Waals surface area contributed by atoms with Crippen molar-refractivity contribution >= 4 is 54.7 Å². The van der Waals surface area contributed by atoms with Crippen molar-refractivity contribution in [3.8, 4) is 12.1 Å². The van der Waals surface area contributed by atoms with Crippen molar-refractivity contribution in [2.45, 2.75) is 103 Å². The maximum absolute atomic E-state index is 13.8. The van der Waals surface area contributed by atoms with Gasteiger partial charge in [-0.2, -0.15) is 36.9 Å². The number of hydrogen-bond acceptors (Lipinski definition) is 10. The van der Waals surface area contributed by atoms with Gasteiger partial charge in [-0.25, -0.2) is 9.69 Å². The van der Waals surface area contributed by atoms with E-state index < -0.39 is 91.1 Å². The Labute approximate surface area is 407 Å². The van der Waals surface area contributed by atoms with Crippen molar-refractivity contribution in [3.63, 3.8) is 0 Å². The van der Waals surface area contributed by atoms with E-state index in [1.54, 1.807) is 6.92 Å². The summed E-state index contributed by atoms with van der Waals surface area (Å²) < 4.78 is 87.8. The molecule has 0 unspecified atom stereocenters. The molecule has 23 heteroatoms. The van der Waals surface area contributed by atoms with Gasteiger partial charge < -0.3 is 20.2 Å². The summed E-state index contributed by atoms with van der Waals surface area (Å²) in [6, 6.07) is 17.0. The van der Waals surface area contributed by atoms with Crippen molar-refractivity contribution in [1.82, 2.24) is 21.7 Å². The summed E-state index contributed by atoms with van der Waals surface area (Å²) in [5, 5.41) is 32.8. The Morgan fingerprint density at radius 2 is 0.986 bits per heavy atom. The third kappa shape index (κ3) is 15.0. The highest BCUT2D eigenvalue weighted by molar-refractivity contribution is 6.74. The molecule has 4 amide bonds. The summed E-state index contributed by atoms with van der Waals surface area (Å²) in [7, 11) is -2.42. The highest BCUT2D eigenvalue weighted by Crippen LogP contribution is 2.43. The van der Waals surface area contributed by atoms with Gasteiger partial charge in [-0.15, -0.1) is 0 Å². The van der Waals surface area contributed by atoms with Crippen LogP contribution in [0.3, 0.4) is 0 Å². The second-order valence-electron chi connectivity index (χ2n) is 17.3. The summed E-state index contributed by atoms with van der Waals surface area (Å²) >= 11 is 0. The van der Waals surface area contributed by atoms with Crippen LogP contribution in [0.5, 0.6) is 0 Å². The van der Waals surface area contributed by atoms with Crippen LogP contribution in [-0.4, -0.2) is 61.3 Å². The van der Waals surface area contributed by atoms with Gasteiger partial charge in [0.25, 0.3) is 23.6 Å². The van der Waals surface area contributed by atoms with E-state index in [9.17, 15) is 50.6 Å². The molecule has 16 nitrogen and oxygen atoms in total. The van der Waals surface area contributed by atoms with E-state index in [4.69, 9.17) is 28.1 Å². The first-order valence-corrected chi connectivity index (χ1v) is 24.1. The summed E-state index contributed by atoms with van der Waals surface area (Å²) in [5.41, 5.74) is 5.84. The van der Waals surface area contributed by atoms with Crippen molar-refractivity contribution in [2.75, 3.05) is 10.6 Å². The number of halogens is 6. The van der Waals surface area contributed by atoms with E-state index in [0.717, 1.165) is 19.1 Å². The number of nitriles is 2. The van der Waals surface area contributed by atoms with E-state index >= 15 is 0 Å². The highest BCUT2D eigenvalue weighted by atomic mass is 28.4. The molecule has 0 spiro atoms. The lowest BCUT2D eigenvalue weighted by Gasteiger charge is -2.40. The van der Waals surface area contributed by atoms with Crippen molar-refractivity contribution in [3.05, 3.63) is 140 Å². The molecule has 374 valence electrons. The molecule has 0 radical (unpaired) electrons. The molecular weight excluding hydrogens is 955 g/mol. The summed E-state index contributed by atoms with van der Waals surface area (Å²) in [5.74, 6) is -3.01. The van der Waals surface area contributed by atoms with E-state index in [0.29, 0.717) is 11.1 Å². The minimum atomic E-state index is -4.79. The lowest BCUT2D eigenvalue weighted by Crippen LogP contribution is -2.55. The van der Waals surface area contributed by atoms with E-state index in [1.165, 1.54) is 74.5 Å². The van der Waals surface area contributed by atoms with E-state index in [2.05, 4.69) is 42.0 Å². The van der Waals surface area contributed by atoms with Crippen LogP contribution in [0.25, 0.3) is 9.69 Å². The van der Waals surface area contributed by atoms with Crippen LogP contribution in [0.1, 0.15) is 88.7 Å². The number of rotatable bonds is 12. The maximum Gasteiger partial charge on any atom is 0.407 e. The fourth-order valence-corrected chi connectivity index (χ4v) is 7.80. The molecule has 0 aliphatic rings. The largest absolute Gasteiger partial charge is 0.412 e. The van der Waals surface area contributed by atoms with Gasteiger partial charge >= 0.3 is 12.4 Å². The monoisotopic (exact) mass is 1000 g/mol. The number of carbonyl (C=O) groups excluding carboxylic acids is 4. The van der Waals surface area contributed by atoms with Crippen LogP contribution in [-0.2, 0) is 26.4 Å². The summed E-state index contributed by atoms with van der Waals surface area (Å²) in [4.78, 5) is 56.3. The normalized spacial score (nSPS) is 13.1. The molecule has 0 aliphatic heterocycles. The van der Waals surface area contributed by atoms with Gasteiger partial charge in [-0.05, 0) is 118 Å². The average molecular weight is 1010 g/mol. The quantitative estimate of drug-likeness (QED) is 0.0308. The number of aliphatic hydroxyl groups is 1. The number of hydrazine groups is 2. The number of carbonyl (C=O) groups is 4. The van der Waals surface area contributed by atoms with Crippen LogP contribution < -0.4 is 32.3 Å². The number of hydrogen-bond donors (Lipinski definition) is 7. The molecule has 0 aromatic heterocycles. The fourth-order valence-electron chi connectivity index (χ4n) is 6.38. The smallest absolute Gasteiger partial charge is 0.407 e. The Kier molecular flexibility index (Phi) is 19.0. The zero-order valence-electron chi connectivity index (χ0n) is 39.8. The molecule has 4 aromatic rings. The van der Waals surface area contributed by atoms with Gasteiger partial charge in [0.1, 0.15) is 12.1 Å². The van der Waals surface area contributed by atoms with Crippen molar-refractivity contribution in [2.24, 2.45) is 0 Å². The highest BCUT2D eigenvalue weighted by Gasteiger charge is 2.42. The molecule has 4 rings (SSSR count). The number of nitrogens with zero attached hydrogens (tertiary/aromatic N) is 4. The zero-order chi connectivity index (χ0) is 53.8. The second kappa shape index (κ2) is 23.6. The molecule has 0 aliphatic carbocycles. The lowest BCUT2D eigenvalue weighted by molar-refractivity contribution is -0.138. The van der Waals surface area contributed by atoms with Gasteiger partial charge in [0.2, 0.25) is 0 Å². The molecule has 4 atom stereocenters. The standard InChI is InChI=1S/C27H32F3N5O3Si.C21H18F3N5O3/c1-16-20(13-14-21(32-6)22(16)27(28,29)30)33-23(17(2)38-39(7,8)26(3,4)5)25(37)35-34-24(36)19-11-9-18(15-31)10-12-19;1-11-15(8-9-16(26-3)17(11)21(22,23)24)27-18(12(2)30)20(32)29-28-19(31)14-6-4-13(10-25)5-7-14/h9-14,17,23,33H,1-5,7-8H3,(H,34,36)(H,35,37);4-9,12,18,27,30H,1-2H3,(H,28,31)(H,29,32)/t17-,23-;12-,18-/m11/s1. The molecule has 0 saturated heterocycles. The zero-order valence-corrected chi connectivity index (χ0v) is 40.8. The predicted molar refractivity (Wildman–Crippen MR) is 253 cm³/mol. The molecule has 0 fully saturated rings. The average Bonchev–Trinajstić information content (AvgIpc) is 3.29. The second-order valence-corrected chi connectivity index (χ2v) is 22.1. The van der Waals surface area contributed by atoms with Gasteiger partial charge in [0.05, 0.1) is 59.7 Å². The number of anilines is 2. The van der Waals surface area contributed by atoms with Crippen LogP contribution in [0.2, 0.25) is 18.1 Å². The lowest BCUT2D eigenvalue weighted by atomic mass is 10.0. The first kappa shape index (κ1) is 57.4. The maximum atomic E-state index is 13.8. The van der Waals surface area contributed by atoms with E-state index in [-0.39, 0.29) is 38.7 Å². The van der Waals surface area contributed by atoms with Crippen molar-refractivity contribution < 1.29 is 55.1 Å². The minimum absolute atomic E-state index is 0.000949. The minimum Gasteiger partial charge on any atom is -0.412 e. The third-order valence-corrected chi connectivity index (χ3v) is 15.8. The number of benzene rings is 4. The Morgan fingerprint density at radius 1 is 0.634 bits per heavy atom. The molecular formula is C48H50F6N10O6Si. The van der Waals surface area contributed by atoms with Crippen LogP contribution in [0, 0.1) is 49.7 Å². The van der Waals surface area contributed by atoms with Gasteiger partial charge in [0, 0.05) is 22.5 Å². The molecule has 7 N–H and O–H groups in total. The Hall–Kier alpha value is -7.96. The summed E-state index contributed by atoms with van der Waals surface area (Å²) in [6.45, 7) is 29.3. The Morgan fingerprint density at radius 3 is 1.30 bits per heavy atom. The van der Waals surface area contributed by atoms with Crippen LogP contribution in [0.4, 0.5) is 49.1 Å². The number of alkyl halides is 6. The van der Waals surface area contributed by atoms with Gasteiger partial charge in [0.15, 0.2) is 19.7 Å². The number of amides is 4. The summed E-state index contributed by atoms with van der Waals surface area (Å²) in [6.07, 6.45) is -11.7. The topological polar surface area (TPSA) is 226 Å². The van der Waals surface area contributed by atoms with Crippen molar-refractivity contribution in [1.29, 1.82) is 10.5 Å². The number of nitrogens with one attached hydrogen (secondary N) is 6. The molecule has 71 heavy (non-hydrogen) atoms. The van der Waals surface area contributed by atoms with Gasteiger partial charge in [-0.1, -0.05) is 32.9 Å². The van der Waals surface area contributed by atoms with E-state index in [1.807, 2.05) is 46.0 Å². The SMILES string of the molecule is [C-]#[N+]c1ccc(N[C@@H](C(=O)NNC(=O)c2ccc(C#N)cc2)[C@@H](C)O)c(C)c1C(F)(F)F.[C-]#[N+]c1ccc(N[C@@H](C(=O)NNC(=O)c2ccc(C#N)cc2)[C@@H](C)O[Si](C)(C)C(C)(C)C)c(C)c1C(F)(F)F. The third-order valence-electron chi connectivity index (χ3n) is 11.3. The van der Waals surface area contributed by atoms with Gasteiger partial charge in [-0.3, -0.25) is 40.9 Å².